The number of aryl methyl sites for hydroxylation is 1. The molecule has 112 valence electrons. The van der Waals surface area contributed by atoms with Gasteiger partial charge < -0.3 is 14.6 Å². The molecule has 0 saturated carbocycles. The Kier molecular flexibility index (Phi) is 4.43. The van der Waals surface area contributed by atoms with Crippen molar-refractivity contribution in [1.82, 2.24) is 0 Å². The van der Waals surface area contributed by atoms with Crippen LogP contribution in [-0.4, -0.2) is 19.3 Å². The highest BCUT2D eigenvalue weighted by Crippen LogP contribution is 2.35. The predicted octanol–water partition coefficient (Wildman–Crippen LogP) is 3.37. The van der Waals surface area contributed by atoms with E-state index in [1.807, 2.05) is 0 Å². The summed E-state index contributed by atoms with van der Waals surface area (Å²) in [6.07, 6.45) is -1.43. The van der Waals surface area contributed by atoms with Crippen LogP contribution in [-0.2, 0) is 0 Å². The molecule has 0 bridgehead atoms. The average molecular weight is 294 g/mol. The van der Waals surface area contributed by atoms with Crippen LogP contribution in [0, 0.1) is 18.6 Å². The highest BCUT2D eigenvalue weighted by atomic mass is 19.1. The zero-order valence-corrected chi connectivity index (χ0v) is 12.0. The van der Waals surface area contributed by atoms with E-state index in [4.69, 9.17) is 9.47 Å². The first-order chi connectivity index (χ1) is 9.99. The molecule has 0 amide bonds. The first kappa shape index (κ1) is 15.3. The van der Waals surface area contributed by atoms with E-state index < -0.39 is 17.7 Å². The van der Waals surface area contributed by atoms with Gasteiger partial charge in [-0.05, 0) is 18.6 Å². The van der Waals surface area contributed by atoms with Crippen molar-refractivity contribution in [2.24, 2.45) is 0 Å². The SMILES string of the molecule is COc1cc(F)c(C(O)c2cccc(C)c2F)cc1OC. The lowest BCUT2D eigenvalue weighted by atomic mass is 9.98. The number of hydrogen-bond acceptors (Lipinski definition) is 3. The Morgan fingerprint density at radius 2 is 1.62 bits per heavy atom. The summed E-state index contributed by atoms with van der Waals surface area (Å²) in [5.41, 5.74) is 0.325. The molecule has 5 heteroatoms. The minimum atomic E-state index is -1.43. The third-order valence-electron chi connectivity index (χ3n) is 3.31. The van der Waals surface area contributed by atoms with Gasteiger partial charge in [-0.15, -0.1) is 0 Å². The summed E-state index contributed by atoms with van der Waals surface area (Å²) in [7, 11) is 2.78. The molecule has 2 rings (SSSR count). The molecule has 3 nitrogen and oxygen atoms in total. The molecule has 0 aromatic heterocycles. The van der Waals surface area contributed by atoms with E-state index in [0.717, 1.165) is 6.07 Å². The molecular weight excluding hydrogens is 278 g/mol. The second kappa shape index (κ2) is 6.10. The summed E-state index contributed by atoms with van der Waals surface area (Å²) in [6.45, 7) is 1.58. The average Bonchev–Trinajstić information content (AvgIpc) is 2.49. The van der Waals surface area contributed by atoms with Crippen LogP contribution in [0.15, 0.2) is 30.3 Å². The molecule has 0 aliphatic carbocycles. The number of aliphatic hydroxyl groups excluding tert-OH is 1. The summed E-state index contributed by atoms with van der Waals surface area (Å²) in [5.74, 6) is -0.781. The van der Waals surface area contributed by atoms with E-state index in [2.05, 4.69) is 0 Å². The van der Waals surface area contributed by atoms with Gasteiger partial charge in [0.25, 0.3) is 0 Å². The Morgan fingerprint density at radius 1 is 1.00 bits per heavy atom. The monoisotopic (exact) mass is 294 g/mol. The van der Waals surface area contributed by atoms with Crippen LogP contribution in [0.25, 0.3) is 0 Å². The van der Waals surface area contributed by atoms with Crippen molar-refractivity contribution < 1.29 is 23.4 Å². The number of rotatable bonds is 4. The largest absolute Gasteiger partial charge is 0.493 e. The number of halogens is 2. The van der Waals surface area contributed by atoms with Crippen molar-refractivity contribution in [1.29, 1.82) is 0 Å². The van der Waals surface area contributed by atoms with E-state index >= 15 is 0 Å². The molecule has 1 atom stereocenters. The van der Waals surface area contributed by atoms with Gasteiger partial charge in [0.15, 0.2) is 11.5 Å². The molecule has 0 aliphatic rings. The Labute approximate surface area is 121 Å². The zero-order chi connectivity index (χ0) is 15.6. The van der Waals surface area contributed by atoms with Gasteiger partial charge >= 0.3 is 0 Å². The predicted molar refractivity (Wildman–Crippen MR) is 74.7 cm³/mol. The van der Waals surface area contributed by atoms with Crippen molar-refractivity contribution in [2.75, 3.05) is 14.2 Å². The molecule has 0 heterocycles. The lowest BCUT2D eigenvalue weighted by Crippen LogP contribution is -2.07. The normalized spacial score (nSPS) is 12.1. The highest BCUT2D eigenvalue weighted by Gasteiger charge is 2.22. The minimum absolute atomic E-state index is 0.0149. The number of benzene rings is 2. The van der Waals surface area contributed by atoms with Crippen LogP contribution in [0.3, 0.4) is 0 Å². The third-order valence-corrected chi connectivity index (χ3v) is 3.31. The van der Waals surface area contributed by atoms with Crippen LogP contribution >= 0.6 is 0 Å². The maximum atomic E-state index is 14.1. The minimum Gasteiger partial charge on any atom is -0.493 e. The van der Waals surface area contributed by atoms with Crippen LogP contribution in [0.2, 0.25) is 0 Å². The first-order valence-corrected chi connectivity index (χ1v) is 6.34. The lowest BCUT2D eigenvalue weighted by Gasteiger charge is -2.17. The van der Waals surface area contributed by atoms with Gasteiger partial charge in [0.2, 0.25) is 0 Å². The van der Waals surface area contributed by atoms with Crippen molar-refractivity contribution in [2.45, 2.75) is 13.0 Å². The maximum absolute atomic E-state index is 14.1. The fourth-order valence-electron chi connectivity index (χ4n) is 2.13. The van der Waals surface area contributed by atoms with Gasteiger partial charge in [0, 0.05) is 17.2 Å². The first-order valence-electron chi connectivity index (χ1n) is 6.34. The van der Waals surface area contributed by atoms with Gasteiger partial charge in [-0.2, -0.15) is 0 Å². The second-order valence-corrected chi connectivity index (χ2v) is 4.61. The van der Waals surface area contributed by atoms with E-state index in [0.29, 0.717) is 5.56 Å². The van der Waals surface area contributed by atoms with E-state index in [1.165, 1.54) is 26.4 Å². The van der Waals surface area contributed by atoms with Gasteiger partial charge in [0.1, 0.15) is 17.7 Å². The summed E-state index contributed by atoms with van der Waals surface area (Å²) < 4.78 is 38.2. The van der Waals surface area contributed by atoms with E-state index in [1.54, 1.807) is 19.1 Å². The van der Waals surface area contributed by atoms with E-state index in [9.17, 15) is 13.9 Å². The number of ether oxygens (including phenoxy) is 2. The quantitative estimate of drug-likeness (QED) is 0.939. The van der Waals surface area contributed by atoms with Crippen molar-refractivity contribution in [3.8, 4) is 11.5 Å². The maximum Gasteiger partial charge on any atom is 0.163 e. The Bertz CT molecular complexity index is 656. The molecule has 2 aromatic carbocycles. The molecule has 1 unspecified atom stereocenters. The third kappa shape index (κ3) is 2.83. The lowest BCUT2D eigenvalue weighted by molar-refractivity contribution is 0.208. The van der Waals surface area contributed by atoms with Gasteiger partial charge in [-0.1, -0.05) is 18.2 Å². The number of methoxy groups -OCH3 is 2. The molecule has 1 N–H and O–H groups in total. The molecule has 0 radical (unpaired) electrons. The smallest absolute Gasteiger partial charge is 0.163 e. The van der Waals surface area contributed by atoms with Gasteiger partial charge in [0.05, 0.1) is 14.2 Å². The molecule has 0 spiro atoms. The second-order valence-electron chi connectivity index (χ2n) is 4.61. The van der Waals surface area contributed by atoms with Crippen molar-refractivity contribution in [3.63, 3.8) is 0 Å². The van der Waals surface area contributed by atoms with Crippen LogP contribution < -0.4 is 9.47 Å². The van der Waals surface area contributed by atoms with Crippen LogP contribution in [0.5, 0.6) is 11.5 Å². The molecule has 21 heavy (non-hydrogen) atoms. The zero-order valence-electron chi connectivity index (χ0n) is 12.0. The van der Waals surface area contributed by atoms with Gasteiger partial charge in [-0.25, -0.2) is 8.78 Å². The summed E-state index contributed by atoms with van der Waals surface area (Å²) >= 11 is 0. The topological polar surface area (TPSA) is 38.7 Å². The summed E-state index contributed by atoms with van der Waals surface area (Å²) in [6, 6.07) is 7.01. The number of hydrogen-bond donors (Lipinski definition) is 1. The van der Waals surface area contributed by atoms with E-state index in [-0.39, 0.29) is 22.6 Å². The molecule has 2 aromatic rings. The summed E-state index contributed by atoms with van der Waals surface area (Å²) in [5, 5.41) is 10.3. The van der Waals surface area contributed by atoms with Crippen LogP contribution in [0.1, 0.15) is 22.8 Å². The fourth-order valence-corrected chi connectivity index (χ4v) is 2.13. The van der Waals surface area contributed by atoms with Crippen molar-refractivity contribution >= 4 is 0 Å². The molecule has 0 fully saturated rings. The van der Waals surface area contributed by atoms with Crippen molar-refractivity contribution in [3.05, 3.63) is 58.7 Å². The Morgan fingerprint density at radius 3 is 2.24 bits per heavy atom. The molecule has 0 aliphatic heterocycles. The summed E-state index contributed by atoms with van der Waals surface area (Å²) in [4.78, 5) is 0. The Balaban J connectivity index is 2.53. The standard InChI is InChI=1S/C16H16F2O3/c1-9-5-4-6-10(15(9)18)16(19)11-7-13(20-2)14(21-3)8-12(11)17/h4-8,16,19H,1-3H3. The van der Waals surface area contributed by atoms with Gasteiger partial charge in [-0.3, -0.25) is 0 Å². The Hall–Kier alpha value is -2.14. The fraction of sp³-hybridized carbons (Fsp3) is 0.250. The number of aliphatic hydroxyl groups is 1. The highest BCUT2D eigenvalue weighted by molar-refractivity contribution is 5.46. The molecular formula is C16H16F2O3. The molecule has 0 saturated heterocycles. The van der Waals surface area contributed by atoms with Crippen LogP contribution in [0.4, 0.5) is 8.78 Å².